The lowest BCUT2D eigenvalue weighted by molar-refractivity contribution is 0.202. The molecule has 0 aliphatic carbocycles. The lowest BCUT2D eigenvalue weighted by Gasteiger charge is -2.08. The van der Waals surface area contributed by atoms with Crippen molar-refractivity contribution in [1.82, 2.24) is 9.97 Å². The van der Waals surface area contributed by atoms with E-state index in [0.29, 0.717) is 5.88 Å². The van der Waals surface area contributed by atoms with Gasteiger partial charge in [-0.15, -0.1) is 0 Å². The molecule has 1 aromatic heterocycles. The molecule has 0 atom stereocenters. The number of methoxy groups -OCH3 is 1. The van der Waals surface area contributed by atoms with Crippen LogP contribution in [0.1, 0.15) is 18.9 Å². The van der Waals surface area contributed by atoms with Gasteiger partial charge in [-0.05, 0) is 30.5 Å². The van der Waals surface area contributed by atoms with Gasteiger partial charge in [0.05, 0.1) is 19.0 Å². The molecule has 0 spiro atoms. The number of anilines is 1. The SMILES string of the molecule is CCCNc1cncc(Oc2ccc(CCOC)cc2)n1. The zero-order valence-electron chi connectivity index (χ0n) is 12.5. The zero-order valence-corrected chi connectivity index (χ0v) is 12.5. The number of aromatic nitrogens is 2. The van der Waals surface area contributed by atoms with Crippen LogP contribution in [0, 0.1) is 0 Å². The molecule has 0 unspecified atom stereocenters. The van der Waals surface area contributed by atoms with Gasteiger partial charge in [0.25, 0.3) is 0 Å². The summed E-state index contributed by atoms with van der Waals surface area (Å²) in [6, 6.07) is 7.92. The van der Waals surface area contributed by atoms with Crippen molar-refractivity contribution >= 4 is 5.82 Å². The molecule has 0 aliphatic rings. The highest BCUT2D eigenvalue weighted by Gasteiger charge is 2.02. The largest absolute Gasteiger partial charge is 0.437 e. The van der Waals surface area contributed by atoms with Gasteiger partial charge in [-0.1, -0.05) is 19.1 Å². The van der Waals surface area contributed by atoms with E-state index in [4.69, 9.17) is 9.47 Å². The Kier molecular flexibility index (Phi) is 5.97. The molecule has 21 heavy (non-hydrogen) atoms. The summed E-state index contributed by atoms with van der Waals surface area (Å²) < 4.78 is 10.8. The third-order valence-electron chi connectivity index (χ3n) is 2.91. The van der Waals surface area contributed by atoms with E-state index in [1.54, 1.807) is 19.5 Å². The smallest absolute Gasteiger partial charge is 0.239 e. The molecule has 1 N–H and O–H groups in total. The normalized spacial score (nSPS) is 10.4. The maximum absolute atomic E-state index is 5.71. The summed E-state index contributed by atoms with van der Waals surface area (Å²) in [4.78, 5) is 8.49. The molecule has 112 valence electrons. The van der Waals surface area contributed by atoms with Crippen LogP contribution in [0.2, 0.25) is 0 Å². The fraction of sp³-hybridized carbons (Fsp3) is 0.375. The van der Waals surface area contributed by atoms with Crippen LogP contribution in [0.15, 0.2) is 36.7 Å². The first-order valence-corrected chi connectivity index (χ1v) is 7.13. The third-order valence-corrected chi connectivity index (χ3v) is 2.91. The van der Waals surface area contributed by atoms with Gasteiger partial charge in [-0.3, -0.25) is 4.98 Å². The van der Waals surface area contributed by atoms with Crippen LogP contribution < -0.4 is 10.1 Å². The minimum absolute atomic E-state index is 0.487. The number of nitrogens with one attached hydrogen (secondary N) is 1. The Morgan fingerprint density at radius 1 is 1.14 bits per heavy atom. The summed E-state index contributed by atoms with van der Waals surface area (Å²) >= 11 is 0. The van der Waals surface area contributed by atoms with Crippen molar-refractivity contribution in [2.45, 2.75) is 19.8 Å². The van der Waals surface area contributed by atoms with Gasteiger partial charge in [-0.2, -0.15) is 4.98 Å². The van der Waals surface area contributed by atoms with E-state index in [-0.39, 0.29) is 0 Å². The summed E-state index contributed by atoms with van der Waals surface area (Å²) in [5.74, 6) is 1.96. The van der Waals surface area contributed by atoms with E-state index in [2.05, 4.69) is 22.2 Å². The van der Waals surface area contributed by atoms with Crippen molar-refractivity contribution in [2.75, 3.05) is 25.6 Å². The number of nitrogens with zero attached hydrogens (tertiary/aromatic N) is 2. The monoisotopic (exact) mass is 287 g/mol. The van der Waals surface area contributed by atoms with E-state index in [1.165, 1.54) is 5.56 Å². The van der Waals surface area contributed by atoms with E-state index < -0.39 is 0 Å². The van der Waals surface area contributed by atoms with E-state index in [9.17, 15) is 0 Å². The fourth-order valence-electron chi connectivity index (χ4n) is 1.80. The molecule has 2 aromatic rings. The second-order valence-electron chi connectivity index (χ2n) is 4.66. The maximum Gasteiger partial charge on any atom is 0.239 e. The van der Waals surface area contributed by atoms with Gasteiger partial charge in [0.15, 0.2) is 0 Å². The Balaban J connectivity index is 1.97. The van der Waals surface area contributed by atoms with Gasteiger partial charge >= 0.3 is 0 Å². The molecular weight excluding hydrogens is 266 g/mol. The number of benzene rings is 1. The Morgan fingerprint density at radius 2 is 1.95 bits per heavy atom. The first-order valence-electron chi connectivity index (χ1n) is 7.13. The van der Waals surface area contributed by atoms with Crippen molar-refractivity contribution < 1.29 is 9.47 Å². The Labute approximate surface area is 125 Å². The van der Waals surface area contributed by atoms with Crippen LogP contribution >= 0.6 is 0 Å². The predicted octanol–water partition coefficient (Wildman–Crippen LogP) is 3.28. The Morgan fingerprint density at radius 3 is 2.67 bits per heavy atom. The average molecular weight is 287 g/mol. The molecule has 2 rings (SSSR count). The molecular formula is C16H21N3O2. The predicted molar refractivity (Wildman–Crippen MR) is 82.9 cm³/mol. The zero-order chi connectivity index (χ0) is 14.9. The van der Waals surface area contributed by atoms with Crippen molar-refractivity contribution in [2.24, 2.45) is 0 Å². The fourth-order valence-corrected chi connectivity index (χ4v) is 1.80. The third kappa shape index (κ3) is 5.04. The number of rotatable bonds is 8. The van der Waals surface area contributed by atoms with Crippen molar-refractivity contribution in [3.63, 3.8) is 0 Å². The van der Waals surface area contributed by atoms with Crippen LogP contribution in [-0.4, -0.2) is 30.2 Å². The molecule has 0 saturated heterocycles. The first kappa shape index (κ1) is 15.3. The van der Waals surface area contributed by atoms with Gasteiger partial charge in [0.1, 0.15) is 11.6 Å². The lowest BCUT2D eigenvalue weighted by Crippen LogP contribution is -2.03. The highest BCUT2D eigenvalue weighted by molar-refractivity contribution is 5.35. The highest BCUT2D eigenvalue weighted by atomic mass is 16.5. The number of hydrogen-bond donors (Lipinski definition) is 1. The average Bonchev–Trinajstić information content (AvgIpc) is 2.53. The molecule has 0 radical (unpaired) electrons. The highest BCUT2D eigenvalue weighted by Crippen LogP contribution is 2.20. The second-order valence-corrected chi connectivity index (χ2v) is 4.66. The summed E-state index contributed by atoms with van der Waals surface area (Å²) in [7, 11) is 1.70. The topological polar surface area (TPSA) is 56.3 Å². The Bertz CT molecular complexity index is 543. The minimum atomic E-state index is 0.487. The van der Waals surface area contributed by atoms with Crippen LogP contribution in [0.5, 0.6) is 11.6 Å². The quantitative estimate of drug-likeness (QED) is 0.807. The summed E-state index contributed by atoms with van der Waals surface area (Å²) in [5.41, 5.74) is 1.22. The van der Waals surface area contributed by atoms with Crippen molar-refractivity contribution in [1.29, 1.82) is 0 Å². The summed E-state index contributed by atoms with van der Waals surface area (Å²) in [5, 5.41) is 3.19. The molecule has 1 aromatic carbocycles. The van der Waals surface area contributed by atoms with Gasteiger partial charge in [0, 0.05) is 13.7 Å². The number of ether oxygens (including phenoxy) is 2. The van der Waals surface area contributed by atoms with Crippen LogP contribution in [-0.2, 0) is 11.2 Å². The molecule has 0 fully saturated rings. The van der Waals surface area contributed by atoms with E-state index in [0.717, 1.165) is 37.6 Å². The summed E-state index contributed by atoms with van der Waals surface area (Å²) in [6.45, 7) is 3.69. The summed E-state index contributed by atoms with van der Waals surface area (Å²) in [6.07, 6.45) is 5.23. The molecule has 5 heteroatoms. The van der Waals surface area contributed by atoms with Crippen LogP contribution in [0.3, 0.4) is 0 Å². The van der Waals surface area contributed by atoms with Crippen molar-refractivity contribution in [3.8, 4) is 11.6 Å². The van der Waals surface area contributed by atoms with E-state index >= 15 is 0 Å². The molecule has 0 aliphatic heterocycles. The first-order chi connectivity index (χ1) is 10.3. The molecule has 1 heterocycles. The van der Waals surface area contributed by atoms with E-state index in [1.807, 2.05) is 24.3 Å². The maximum atomic E-state index is 5.71. The molecule has 0 saturated carbocycles. The molecule has 0 bridgehead atoms. The van der Waals surface area contributed by atoms with Gasteiger partial charge in [0.2, 0.25) is 5.88 Å². The van der Waals surface area contributed by atoms with Gasteiger partial charge < -0.3 is 14.8 Å². The molecule has 5 nitrogen and oxygen atoms in total. The van der Waals surface area contributed by atoms with Gasteiger partial charge in [-0.25, -0.2) is 0 Å². The van der Waals surface area contributed by atoms with Crippen LogP contribution in [0.25, 0.3) is 0 Å². The van der Waals surface area contributed by atoms with Crippen molar-refractivity contribution in [3.05, 3.63) is 42.2 Å². The lowest BCUT2D eigenvalue weighted by atomic mass is 10.1. The second kappa shape index (κ2) is 8.21. The minimum Gasteiger partial charge on any atom is -0.437 e. The standard InChI is InChI=1S/C16H21N3O2/c1-3-9-18-15-11-17-12-16(19-15)21-14-6-4-13(5-7-14)8-10-20-2/h4-7,11-12H,3,8-10H2,1-2H3,(H,18,19). The molecule has 0 amide bonds. The number of hydrogen-bond acceptors (Lipinski definition) is 5. The van der Waals surface area contributed by atoms with Crippen LogP contribution in [0.4, 0.5) is 5.82 Å². The Hall–Kier alpha value is -2.14.